The maximum atomic E-state index is 13.2. The number of carbonyl (C=O) groups is 1. The number of aromatic nitrogens is 2. The van der Waals surface area contributed by atoms with E-state index in [1.165, 1.54) is 12.1 Å². The minimum Gasteiger partial charge on any atom is -0.334 e. The van der Waals surface area contributed by atoms with Crippen molar-refractivity contribution in [3.63, 3.8) is 0 Å². The van der Waals surface area contributed by atoms with Gasteiger partial charge in [0.25, 0.3) is 0 Å². The lowest BCUT2D eigenvalue weighted by Gasteiger charge is -2.18. The number of halogens is 1. The highest BCUT2D eigenvalue weighted by atomic mass is 19.1. The van der Waals surface area contributed by atoms with Crippen LogP contribution in [-0.2, 0) is 13.6 Å². The van der Waals surface area contributed by atoms with Gasteiger partial charge in [0.05, 0.1) is 5.69 Å². The van der Waals surface area contributed by atoms with Crippen molar-refractivity contribution in [3.05, 3.63) is 89.5 Å². The topological polar surface area (TPSA) is 59.0 Å². The molecule has 128 valence electrons. The number of urea groups is 1. The summed E-state index contributed by atoms with van der Waals surface area (Å²) in [7, 11) is 1.81. The predicted octanol–water partition coefficient (Wildman–Crippen LogP) is 3.15. The summed E-state index contributed by atoms with van der Waals surface area (Å²) in [6.07, 6.45) is 1.80. The average Bonchev–Trinajstić information content (AvgIpc) is 3.06. The Morgan fingerprint density at radius 2 is 1.84 bits per heavy atom. The fourth-order valence-electron chi connectivity index (χ4n) is 2.53. The standard InChI is InChI=1S/C19H19FN4O/c1-24-12-11-17(23-24)18(15-7-9-16(20)10-8-15)22-19(25)21-13-14-5-3-2-4-6-14/h2-12,18H,13H2,1H3,(H2,21,22,25). The molecule has 25 heavy (non-hydrogen) atoms. The number of benzene rings is 2. The summed E-state index contributed by atoms with van der Waals surface area (Å²) >= 11 is 0. The second-order valence-electron chi connectivity index (χ2n) is 5.71. The van der Waals surface area contributed by atoms with Crippen LogP contribution in [0.2, 0.25) is 0 Å². The van der Waals surface area contributed by atoms with Crippen LogP contribution in [0.15, 0.2) is 66.9 Å². The average molecular weight is 338 g/mol. The number of hydrogen-bond acceptors (Lipinski definition) is 2. The fraction of sp³-hybridized carbons (Fsp3) is 0.158. The maximum absolute atomic E-state index is 13.2. The minimum absolute atomic E-state index is 0.316. The molecular weight excluding hydrogens is 319 g/mol. The number of hydrogen-bond donors (Lipinski definition) is 2. The molecule has 0 aliphatic rings. The zero-order valence-corrected chi connectivity index (χ0v) is 13.8. The number of carbonyl (C=O) groups excluding carboxylic acids is 1. The van der Waals surface area contributed by atoms with Gasteiger partial charge in [0, 0.05) is 19.8 Å². The Bertz CT molecular complexity index is 830. The zero-order chi connectivity index (χ0) is 17.6. The first-order chi connectivity index (χ1) is 12.1. The number of amides is 2. The SMILES string of the molecule is Cn1ccc(C(NC(=O)NCc2ccccc2)c2ccc(F)cc2)n1. The van der Waals surface area contributed by atoms with Crippen molar-refractivity contribution >= 4 is 6.03 Å². The van der Waals surface area contributed by atoms with E-state index in [1.807, 2.05) is 36.4 Å². The molecule has 5 nitrogen and oxygen atoms in total. The summed E-state index contributed by atoms with van der Waals surface area (Å²) in [5.41, 5.74) is 2.45. The molecule has 1 aromatic heterocycles. The quantitative estimate of drug-likeness (QED) is 0.751. The summed E-state index contributed by atoms with van der Waals surface area (Å²) in [6, 6.07) is 16.7. The summed E-state index contributed by atoms with van der Waals surface area (Å²) < 4.78 is 14.9. The third kappa shape index (κ3) is 4.44. The van der Waals surface area contributed by atoms with Crippen LogP contribution in [0.4, 0.5) is 9.18 Å². The lowest BCUT2D eigenvalue weighted by Crippen LogP contribution is -2.38. The van der Waals surface area contributed by atoms with Gasteiger partial charge in [-0.1, -0.05) is 42.5 Å². The number of aryl methyl sites for hydroxylation is 1. The lowest BCUT2D eigenvalue weighted by molar-refractivity contribution is 0.238. The molecule has 0 radical (unpaired) electrons. The van der Waals surface area contributed by atoms with Crippen LogP contribution in [0.25, 0.3) is 0 Å². The highest BCUT2D eigenvalue weighted by Crippen LogP contribution is 2.20. The first kappa shape index (κ1) is 16.7. The largest absolute Gasteiger partial charge is 0.334 e. The Labute approximate surface area is 145 Å². The van der Waals surface area contributed by atoms with Gasteiger partial charge in [-0.25, -0.2) is 9.18 Å². The van der Waals surface area contributed by atoms with Gasteiger partial charge >= 0.3 is 6.03 Å². The summed E-state index contributed by atoms with van der Waals surface area (Å²) in [6.45, 7) is 0.422. The van der Waals surface area contributed by atoms with Crippen molar-refractivity contribution in [3.8, 4) is 0 Å². The Morgan fingerprint density at radius 3 is 2.48 bits per heavy atom. The van der Waals surface area contributed by atoms with Crippen LogP contribution in [-0.4, -0.2) is 15.8 Å². The van der Waals surface area contributed by atoms with Crippen molar-refractivity contribution < 1.29 is 9.18 Å². The van der Waals surface area contributed by atoms with E-state index in [0.717, 1.165) is 11.1 Å². The van der Waals surface area contributed by atoms with Crippen molar-refractivity contribution in [2.24, 2.45) is 7.05 Å². The predicted molar refractivity (Wildman–Crippen MR) is 93.3 cm³/mol. The molecule has 0 saturated heterocycles. The molecule has 0 aliphatic carbocycles. The molecule has 3 aromatic rings. The van der Waals surface area contributed by atoms with Gasteiger partial charge in [-0.3, -0.25) is 4.68 Å². The van der Waals surface area contributed by atoms with Gasteiger partial charge < -0.3 is 10.6 Å². The van der Waals surface area contributed by atoms with Crippen molar-refractivity contribution in [2.45, 2.75) is 12.6 Å². The van der Waals surface area contributed by atoms with Crippen molar-refractivity contribution in [2.75, 3.05) is 0 Å². The second kappa shape index (κ2) is 7.61. The molecule has 2 N–H and O–H groups in total. The molecule has 2 aromatic carbocycles. The maximum Gasteiger partial charge on any atom is 0.315 e. The van der Waals surface area contributed by atoms with Crippen LogP contribution in [0, 0.1) is 5.82 Å². The van der Waals surface area contributed by atoms with Crippen LogP contribution < -0.4 is 10.6 Å². The first-order valence-corrected chi connectivity index (χ1v) is 7.95. The third-order valence-corrected chi connectivity index (χ3v) is 3.80. The fourth-order valence-corrected chi connectivity index (χ4v) is 2.53. The van der Waals surface area contributed by atoms with E-state index >= 15 is 0 Å². The van der Waals surface area contributed by atoms with Gasteiger partial charge in [-0.15, -0.1) is 0 Å². The minimum atomic E-state index is -0.461. The van der Waals surface area contributed by atoms with Gasteiger partial charge in [-0.05, 0) is 29.3 Å². The van der Waals surface area contributed by atoms with E-state index in [2.05, 4.69) is 15.7 Å². The molecule has 1 unspecified atom stereocenters. The van der Waals surface area contributed by atoms with E-state index < -0.39 is 6.04 Å². The number of nitrogens with zero attached hydrogens (tertiary/aromatic N) is 2. The molecule has 0 saturated carbocycles. The molecule has 3 rings (SSSR count). The van der Waals surface area contributed by atoms with E-state index in [1.54, 1.807) is 30.1 Å². The van der Waals surface area contributed by atoms with Crippen LogP contribution in [0.1, 0.15) is 22.9 Å². The molecule has 0 fully saturated rings. The van der Waals surface area contributed by atoms with Gasteiger partial charge in [0.1, 0.15) is 11.9 Å². The summed E-state index contributed by atoms with van der Waals surface area (Å²) in [4.78, 5) is 12.3. The summed E-state index contributed by atoms with van der Waals surface area (Å²) in [5, 5.41) is 10.1. The van der Waals surface area contributed by atoms with E-state index in [-0.39, 0.29) is 11.8 Å². The Balaban J connectivity index is 1.73. The van der Waals surface area contributed by atoms with Crippen molar-refractivity contribution in [1.29, 1.82) is 0 Å². The van der Waals surface area contributed by atoms with E-state index in [0.29, 0.717) is 12.2 Å². The Hall–Kier alpha value is -3.15. The summed E-state index contributed by atoms with van der Waals surface area (Å²) in [5.74, 6) is -0.322. The highest BCUT2D eigenvalue weighted by Gasteiger charge is 2.19. The van der Waals surface area contributed by atoms with Crippen LogP contribution in [0.5, 0.6) is 0 Å². The molecular formula is C19H19FN4O. The van der Waals surface area contributed by atoms with Crippen LogP contribution in [0.3, 0.4) is 0 Å². The van der Waals surface area contributed by atoms with Crippen LogP contribution >= 0.6 is 0 Å². The van der Waals surface area contributed by atoms with E-state index in [4.69, 9.17) is 0 Å². The molecule has 1 atom stereocenters. The second-order valence-corrected chi connectivity index (χ2v) is 5.71. The third-order valence-electron chi connectivity index (χ3n) is 3.80. The van der Waals surface area contributed by atoms with Gasteiger partial charge in [0.15, 0.2) is 0 Å². The first-order valence-electron chi connectivity index (χ1n) is 7.95. The molecule has 6 heteroatoms. The van der Waals surface area contributed by atoms with Crippen molar-refractivity contribution in [1.82, 2.24) is 20.4 Å². The molecule has 0 spiro atoms. The molecule has 0 aliphatic heterocycles. The van der Waals surface area contributed by atoms with Gasteiger partial charge in [0.2, 0.25) is 0 Å². The van der Waals surface area contributed by atoms with E-state index in [9.17, 15) is 9.18 Å². The molecule has 0 bridgehead atoms. The Kier molecular flexibility index (Phi) is 5.09. The lowest BCUT2D eigenvalue weighted by atomic mass is 10.0. The molecule has 1 heterocycles. The number of nitrogens with one attached hydrogen (secondary N) is 2. The molecule has 2 amide bonds. The highest BCUT2D eigenvalue weighted by molar-refractivity contribution is 5.75. The Morgan fingerprint density at radius 1 is 1.12 bits per heavy atom. The normalized spacial score (nSPS) is 11.8. The van der Waals surface area contributed by atoms with Gasteiger partial charge in [-0.2, -0.15) is 5.10 Å². The zero-order valence-electron chi connectivity index (χ0n) is 13.8. The number of rotatable bonds is 5. The smallest absolute Gasteiger partial charge is 0.315 e. The monoisotopic (exact) mass is 338 g/mol.